The molecule has 0 saturated heterocycles. The molecule has 3 aromatic rings. The van der Waals surface area contributed by atoms with Gasteiger partial charge in [-0.3, -0.25) is 9.59 Å². The third kappa shape index (κ3) is 4.00. The summed E-state index contributed by atoms with van der Waals surface area (Å²) in [5.74, 6) is 0.396. The Hall–Kier alpha value is -3.34. The molecule has 0 aliphatic heterocycles. The molecule has 2 N–H and O–H groups in total. The van der Waals surface area contributed by atoms with Gasteiger partial charge in [-0.25, -0.2) is 0 Å². The van der Waals surface area contributed by atoms with E-state index in [-0.39, 0.29) is 11.5 Å². The molecule has 0 aliphatic rings. The first kappa shape index (κ1) is 17.5. The van der Waals surface area contributed by atoms with Gasteiger partial charge in [0.25, 0.3) is 11.5 Å². The minimum absolute atomic E-state index is 0.102. The topological polar surface area (TPSA) is 71.2 Å². The van der Waals surface area contributed by atoms with Crippen LogP contribution in [0.25, 0.3) is 11.3 Å². The highest BCUT2D eigenvalue weighted by Crippen LogP contribution is 2.17. The van der Waals surface area contributed by atoms with Gasteiger partial charge in [0.15, 0.2) is 0 Å². The fraction of sp³-hybridized carbons (Fsp3) is 0.143. The number of benzene rings is 2. The lowest BCUT2D eigenvalue weighted by atomic mass is 10.1. The molecular formula is C21H20N2O3. The van der Waals surface area contributed by atoms with Crippen molar-refractivity contribution in [2.24, 2.45) is 0 Å². The molecule has 0 saturated carbocycles. The molecule has 0 unspecified atom stereocenters. The molecule has 0 bridgehead atoms. The summed E-state index contributed by atoms with van der Waals surface area (Å²) >= 11 is 0. The maximum atomic E-state index is 12.3. The van der Waals surface area contributed by atoms with E-state index in [9.17, 15) is 9.59 Å². The standard InChI is InChI=1S/C21H20N2O3/c1-26-19-10-6-5-9-16(19)13-14-22-20(24)17-11-12-18(23-21(17)25)15-7-3-2-4-8-15/h2-12H,13-14H2,1H3,(H,22,24)(H,23,25). The highest BCUT2D eigenvalue weighted by atomic mass is 16.5. The molecule has 3 rings (SSSR count). The van der Waals surface area contributed by atoms with Crippen LogP contribution in [0.4, 0.5) is 0 Å². The molecule has 0 spiro atoms. The number of hydrogen-bond acceptors (Lipinski definition) is 3. The van der Waals surface area contributed by atoms with Crippen LogP contribution in [0.3, 0.4) is 0 Å². The number of carbonyl (C=O) groups excluding carboxylic acids is 1. The average molecular weight is 348 g/mol. The number of ether oxygens (including phenoxy) is 1. The minimum Gasteiger partial charge on any atom is -0.496 e. The number of aromatic nitrogens is 1. The van der Waals surface area contributed by atoms with Gasteiger partial charge >= 0.3 is 0 Å². The first-order chi connectivity index (χ1) is 12.7. The van der Waals surface area contributed by atoms with Crippen LogP contribution in [0.5, 0.6) is 5.75 Å². The Labute approximate surface area is 151 Å². The molecule has 0 fully saturated rings. The smallest absolute Gasteiger partial charge is 0.261 e. The Bertz CT molecular complexity index is 949. The van der Waals surface area contributed by atoms with Crippen LogP contribution < -0.4 is 15.6 Å². The van der Waals surface area contributed by atoms with E-state index in [1.807, 2.05) is 54.6 Å². The summed E-state index contributed by atoms with van der Waals surface area (Å²) in [4.78, 5) is 27.3. The van der Waals surface area contributed by atoms with Crippen molar-refractivity contribution in [3.05, 3.63) is 88.2 Å². The molecule has 1 amide bonds. The largest absolute Gasteiger partial charge is 0.496 e. The molecule has 2 aromatic carbocycles. The predicted molar refractivity (Wildman–Crippen MR) is 102 cm³/mol. The number of aromatic amines is 1. The lowest BCUT2D eigenvalue weighted by Crippen LogP contribution is -2.31. The van der Waals surface area contributed by atoms with Gasteiger partial charge in [-0.1, -0.05) is 48.5 Å². The minimum atomic E-state index is -0.402. The molecule has 1 aromatic heterocycles. The maximum absolute atomic E-state index is 12.3. The van der Waals surface area contributed by atoms with Crippen molar-refractivity contribution < 1.29 is 9.53 Å². The fourth-order valence-corrected chi connectivity index (χ4v) is 2.75. The normalized spacial score (nSPS) is 10.3. The van der Waals surface area contributed by atoms with E-state index in [4.69, 9.17) is 4.74 Å². The van der Waals surface area contributed by atoms with Crippen LogP contribution in [0.15, 0.2) is 71.5 Å². The van der Waals surface area contributed by atoms with Crippen molar-refractivity contribution in [2.75, 3.05) is 13.7 Å². The van der Waals surface area contributed by atoms with Crippen LogP contribution in [0.1, 0.15) is 15.9 Å². The van der Waals surface area contributed by atoms with Crippen LogP contribution in [0, 0.1) is 0 Å². The van der Waals surface area contributed by atoms with Crippen molar-refractivity contribution in [3.8, 4) is 17.0 Å². The number of amides is 1. The molecule has 0 atom stereocenters. The van der Waals surface area contributed by atoms with Crippen molar-refractivity contribution in [3.63, 3.8) is 0 Å². The number of carbonyl (C=O) groups is 1. The average Bonchev–Trinajstić information content (AvgIpc) is 2.69. The van der Waals surface area contributed by atoms with Crippen molar-refractivity contribution in [1.29, 1.82) is 0 Å². The molecule has 0 radical (unpaired) electrons. The summed E-state index contributed by atoms with van der Waals surface area (Å²) in [5.41, 5.74) is 2.28. The summed E-state index contributed by atoms with van der Waals surface area (Å²) in [5, 5.41) is 2.78. The zero-order valence-corrected chi connectivity index (χ0v) is 14.5. The van der Waals surface area contributed by atoms with Gasteiger partial charge < -0.3 is 15.0 Å². The highest BCUT2D eigenvalue weighted by Gasteiger charge is 2.11. The summed E-state index contributed by atoms with van der Waals surface area (Å²) < 4.78 is 5.29. The zero-order chi connectivity index (χ0) is 18.4. The number of pyridine rings is 1. The first-order valence-corrected chi connectivity index (χ1v) is 8.38. The predicted octanol–water partition coefficient (Wildman–Crippen LogP) is 3.02. The molecule has 1 heterocycles. The van der Waals surface area contributed by atoms with Gasteiger partial charge in [-0.15, -0.1) is 0 Å². The van der Waals surface area contributed by atoms with E-state index in [0.29, 0.717) is 18.7 Å². The van der Waals surface area contributed by atoms with Crippen molar-refractivity contribution in [2.45, 2.75) is 6.42 Å². The molecule has 0 aliphatic carbocycles. The lowest BCUT2D eigenvalue weighted by molar-refractivity contribution is 0.0952. The summed E-state index contributed by atoms with van der Waals surface area (Å²) in [6.45, 7) is 0.416. The second kappa shape index (κ2) is 8.16. The number of methoxy groups -OCH3 is 1. The zero-order valence-electron chi connectivity index (χ0n) is 14.5. The molecule has 5 nitrogen and oxygen atoms in total. The lowest BCUT2D eigenvalue weighted by Gasteiger charge is -2.09. The van der Waals surface area contributed by atoms with E-state index in [1.165, 1.54) is 0 Å². The van der Waals surface area contributed by atoms with Gasteiger partial charge in [-0.05, 0) is 35.7 Å². The number of para-hydroxylation sites is 1. The Kier molecular flexibility index (Phi) is 5.49. The molecule has 26 heavy (non-hydrogen) atoms. The number of nitrogens with one attached hydrogen (secondary N) is 2. The molecule has 5 heteroatoms. The van der Waals surface area contributed by atoms with Gasteiger partial charge in [0.2, 0.25) is 0 Å². The van der Waals surface area contributed by atoms with Gasteiger partial charge in [0.05, 0.1) is 7.11 Å². The number of hydrogen-bond donors (Lipinski definition) is 2. The van der Waals surface area contributed by atoms with Crippen LogP contribution in [-0.4, -0.2) is 24.5 Å². The van der Waals surface area contributed by atoms with E-state index in [0.717, 1.165) is 16.9 Å². The second-order valence-electron chi connectivity index (χ2n) is 5.80. The quantitative estimate of drug-likeness (QED) is 0.719. The van der Waals surface area contributed by atoms with E-state index >= 15 is 0 Å². The summed E-state index contributed by atoms with van der Waals surface area (Å²) in [7, 11) is 1.62. The van der Waals surface area contributed by atoms with E-state index in [1.54, 1.807) is 19.2 Å². The number of H-pyrrole nitrogens is 1. The summed E-state index contributed by atoms with van der Waals surface area (Å²) in [6, 6.07) is 20.4. The van der Waals surface area contributed by atoms with Gasteiger partial charge in [0.1, 0.15) is 11.3 Å². The highest BCUT2D eigenvalue weighted by molar-refractivity contribution is 5.94. The fourth-order valence-electron chi connectivity index (χ4n) is 2.75. The van der Waals surface area contributed by atoms with E-state index < -0.39 is 5.56 Å². The first-order valence-electron chi connectivity index (χ1n) is 8.38. The molecule has 132 valence electrons. The number of rotatable bonds is 6. The SMILES string of the molecule is COc1ccccc1CCNC(=O)c1ccc(-c2ccccc2)[nH]c1=O. The third-order valence-electron chi connectivity index (χ3n) is 4.11. The van der Waals surface area contributed by atoms with Crippen LogP contribution >= 0.6 is 0 Å². The Morgan fingerprint density at radius 3 is 2.46 bits per heavy atom. The Morgan fingerprint density at radius 1 is 1.00 bits per heavy atom. The van der Waals surface area contributed by atoms with Crippen LogP contribution in [0.2, 0.25) is 0 Å². The van der Waals surface area contributed by atoms with Crippen LogP contribution in [-0.2, 0) is 6.42 Å². The van der Waals surface area contributed by atoms with Gasteiger partial charge in [-0.2, -0.15) is 0 Å². The van der Waals surface area contributed by atoms with Crippen molar-refractivity contribution in [1.82, 2.24) is 10.3 Å². The maximum Gasteiger partial charge on any atom is 0.261 e. The van der Waals surface area contributed by atoms with Gasteiger partial charge in [0, 0.05) is 12.2 Å². The van der Waals surface area contributed by atoms with E-state index in [2.05, 4.69) is 10.3 Å². The second-order valence-corrected chi connectivity index (χ2v) is 5.80. The Morgan fingerprint density at radius 2 is 1.73 bits per heavy atom. The third-order valence-corrected chi connectivity index (χ3v) is 4.11. The van der Waals surface area contributed by atoms with Crippen molar-refractivity contribution >= 4 is 5.91 Å². The Balaban J connectivity index is 1.66. The monoisotopic (exact) mass is 348 g/mol. The summed E-state index contributed by atoms with van der Waals surface area (Å²) in [6.07, 6.45) is 0.621. The molecular weight excluding hydrogens is 328 g/mol.